The van der Waals surface area contributed by atoms with Gasteiger partial charge in [0.1, 0.15) is 17.5 Å². The van der Waals surface area contributed by atoms with Crippen LogP contribution in [0.4, 0.5) is 24.8 Å². The molecule has 0 saturated heterocycles. The van der Waals surface area contributed by atoms with Gasteiger partial charge in [-0.15, -0.1) is 0 Å². The number of alkyl halides is 3. The molecular formula is C13H21F3N4O. The Morgan fingerprint density at radius 2 is 1.71 bits per heavy atom. The van der Waals surface area contributed by atoms with Crippen LogP contribution in [-0.4, -0.2) is 40.4 Å². The monoisotopic (exact) mass is 306 g/mol. The van der Waals surface area contributed by atoms with E-state index in [0.29, 0.717) is 36.0 Å². The Kier molecular flexibility index (Phi) is 6.19. The lowest BCUT2D eigenvalue weighted by Gasteiger charge is -2.18. The summed E-state index contributed by atoms with van der Waals surface area (Å²) in [6, 6.07) is 0. The molecule has 8 heteroatoms. The minimum atomic E-state index is -4.65. The molecule has 0 aliphatic rings. The Labute approximate surface area is 122 Å². The van der Waals surface area contributed by atoms with E-state index in [2.05, 4.69) is 20.6 Å². The topological polar surface area (TPSA) is 70.1 Å². The van der Waals surface area contributed by atoms with Gasteiger partial charge < -0.3 is 15.7 Å². The molecule has 0 fully saturated rings. The summed E-state index contributed by atoms with van der Waals surface area (Å²) in [6.07, 6.45) is -5.60. The molecule has 1 unspecified atom stereocenters. The molecule has 0 aromatic carbocycles. The third-order valence-electron chi connectivity index (χ3n) is 2.89. The number of hydrogen-bond donors (Lipinski definition) is 3. The van der Waals surface area contributed by atoms with Crippen LogP contribution in [0.25, 0.3) is 0 Å². The summed E-state index contributed by atoms with van der Waals surface area (Å²) >= 11 is 0. The predicted octanol–water partition coefficient (Wildman–Crippen LogP) is 2.50. The van der Waals surface area contributed by atoms with Gasteiger partial charge in [-0.3, -0.25) is 0 Å². The van der Waals surface area contributed by atoms with Crippen LogP contribution in [-0.2, 0) is 6.42 Å². The van der Waals surface area contributed by atoms with Gasteiger partial charge in [0.2, 0.25) is 0 Å². The molecule has 1 rings (SSSR count). The summed E-state index contributed by atoms with van der Waals surface area (Å²) in [5.41, 5.74) is 0.634. The van der Waals surface area contributed by atoms with Gasteiger partial charge >= 0.3 is 6.18 Å². The number of hydrogen-bond acceptors (Lipinski definition) is 5. The van der Waals surface area contributed by atoms with E-state index in [1.165, 1.54) is 0 Å². The minimum absolute atomic E-state index is 0.309. The van der Waals surface area contributed by atoms with Gasteiger partial charge in [0, 0.05) is 18.5 Å². The molecule has 0 radical (unpaired) electrons. The predicted molar refractivity (Wildman–Crippen MR) is 75.5 cm³/mol. The molecule has 1 aromatic heterocycles. The first kappa shape index (κ1) is 17.5. The van der Waals surface area contributed by atoms with Gasteiger partial charge in [-0.25, -0.2) is 9.97 Å². The molecule has 0 amide bonds. The van der Waals surface area contributed by atoms with Crippen molar-refractivity contribution in [2.75, 3.05) is 23.7 Å². The molecule has 5 nitrogen and oxygen atoms in total. The van der Waals surface area contributed by atoms with Crippen molar-refractivity contribution in [1.29, 1.82) is 0 Å². The van der Waals surface area contributed by atoms with Gasteiger partial charge in [-0.05, 0) is 13.3 Å². The number of aliphatic hydroxyl groups excluding tert-OH is 1. The minimum Gasteiger partial charge on any atom is -0.382 e. The lowest BCUT2D eigenvalue weighted by molar-refractivity contribution is -0.198. The number of nitrogens with zero attached hydrogens (tertiary/aromatic N) is 2. The zero-order chi connectivity index (χ0) is 16.0. The number of anilines is 2. The summed E-state index contributed by atoms with van der Waals surface area (Å²) in [7, 11) is 0. The van der Waals surface area contributed by atoms with Gasteiger partial charge in [-0.2, -0.15) is 13.2 Å². The van der Waals surface area contributed by atoms with Gasteiger partial charge in [-0.1, -0.05) is 13.8 Å². The average Bonchev–Trinajstić information content (AvgIpc) is 2.43. The standard InChI is InChI=1S/C13H21F3N4O/c1-4-6-17-11-8(3)12(20-10(5-2)19-11)18-7-9(21)13(14,15)16/h9,21H,4-7H2,1-3H3,(H2,17,18,19,20). The van der Waals surface area contributed by atoms with Gasteiger partial charge in [0.25, 0.3) is 0 Å². The first-order valence-electron chi connectivity index (χ1n) is 6.89. The van der Waals surface area contributed by atoms with Crippen molar-refractivity contribution in [3.05, 3.63) is 11.4 Å². The second-order valence-electron chi connectivity index (χ2n) is 4.68. The Balaban J connectivity index is 2.90. The third kappa shape index (κ3) is 5.04. The lowest BCUT2D eigenvalue weighted by Crippen LogP contribution is -2.35. The zero-order valence-electron chi connectivity index (χ0n) is 12.4. The quantitative estimate of drug-likeness (QED) is 0.722. The van der Waals surface area contributed by atoms with Gasteiger partial charge in [0.15, 0.2) is 6.10 Å². The van der Waals surface area contributed by atoms with Crippen LogP contribution in [0.15, 0.2) is 0 Å². The Hall–Kier alpha value is -1.57. The maximum Gasteiger partial charge on any atom is 0.416 e. The highest BCUT2D eigenvalue weighted by Gasteiger charge is 2.38. The molecule has 0 spiro atoms. The Bertz CT molecular complexity index is 465. The van der Waals surface area contributed by atoms with Crippen LogP contribution in [0.1, 0.15) is 31.7 Å². The fourth-order valence-electron chi connectivity index (χ4n) is 1.62. The lowest BCUT2D eigenvalue weighted by atomic mass is 10.2. The fraction of sp³-hybridized carbons (Fsp3) is 0.692. The summed E-state index contributed by atoms with van der Waals surface area (Å²) in [6.45, 7) is 5.66. The highest BCUT2D eigenvalue weighted by molar-refractivity contribution is 5.57. The number of rotatable bonds is 7. The van der Waals surface area contributed by atoms with Crippen LogP contribution in [0.2, 0.25) is 0 Å². The molecule has 1 atom stereocenters. The largest absolute Gasteiger partial charge is 0.416 e. The van der Waals surface area contributed by atoms with Crippen molar-refractivity contribution in [1.82, 2.24) is 9.97 Å². The maximum atomic E-state index is 12.3. The Morgan fingerprint density at radius 3 is 2.19 bits per heavy atom. The van der Waals surface area contributed by atoms with Crippen LogP contribution < -0.4 is 10.6 Å². The third-order valence-corrected chi connectivity index (χ3v) is 2.89. The van der Waals surface area contributed by atoms with Crippen molar-refractivity contribution < 1.29 is 18.3 Å². The van der Waals surface area contributed by atoms with E-state index in [1.54, 1.807) is 6.92 Å². The maximum absolute atomic E-state index is 12.3. The van der Waals surface area contributed by atoms with E-state index in [0.717, 1.165) is 6.42 Å². The SMILES string of the molecule is CCCNc1nc(CC)nc(NCC(O)C(F)(F)F)c1C. The molecule has 0 aliphatic carbocycles. The average molecular weight is 306 g/mol. The molecule has 120 valence electrons. The molecule has 21 heavy (non-hydrogen) atoms. The molecular weight excluding hydrogens is 285 g/mol. The molecule has 0 saturated carbocycles. The van der Waals surface area contributed by atoms with Crippen molar-refractivity contribution in [3.63, 3.8) is 0 Å². The molecule has 0 bridgehead atoms. The normalized spacial score (nSPS) is 13.1. The van der Waals surface area contributed by atoms with Crippen LogP contribution in [0.5, 0.6) is 0 Å². The Morgan fingerprint density at radius 1 is 1.14 bits per heavy atom. The number of nitrogens with one attached hydrogen (secondary N) is 2. The van der Waals surface area contributed by atoms with Crippen molar-refractivity contribution >= 4 is 11.6 Å². The summed E-state index contributed by atoms with van der Waals surface area (Å²) in [5.74, 6) is 1.44. The molecule has 1 aromatic rings. The highest BCUT2D eigenvalue weighted by atomic mass is 19.4. The second kappa shape index (κ2) is 7.44. The first-order valence-corrected chi connectivity index (χ1v) is 6.89. The van der Waals surface area contributed by atoms with Crippen LogP contribution in [0, 0.1) is 6.92 Å². The van der Waals surface area contributed by atoms with E-state index in [4.69, 9.17) is 5.11 Å². The van der Waals surface area contributed by atoms with Crippen molar-refractivity contribution in [3.8, 4) is 0 Å². The number of aryl methyl sites for hydroxylation is 1. The van der Waals surface area contributed by atoms with E-state index in [9.17, 15) is 13.2 Å². The molecule has 1 heterocycles. The fourth-order valence-corrected chi connectivity index (χ4v) is 1.62. The first-order chi connectivity index (χ1) is 9.79. The van der Waals surface area contributed by atoms with Crippen molar-refractivity contribution in [2.45, 2.75) is 45.9 Å². The number of halogens is 3. The number of aromatic nitrogens is 2. The van der Waals surface area contributed by atoms with E-state index in [-0.39, 0.29) is 0 Å². The molecule has 3 N–H and O–H groups in total. The van der Waals surface area contributed by atoms with Crippen LogP contribution in [0.3, 0.4) is 0 Å². The van der Waals surface area contributed by atoms with Gasteiger partial charge in [0.05, 0.1) is 6.54 Å². The number of aliphatic hydroxyl groups is 1. The summed E-state index contributed by atoms with van der Waals surface area (Å²) in [4.78, 5) is 8.49. The summed E-state index contributed by atoms with van der Waals surface area (Å²) < 4.78 is 36.9. The van der Waals surface area contributed by atoms with Crippen LogP contribution >= 0.6 is 0 Å². The van der Waals surface area contributed by atoms with E-state index < -0.39 is 18.8 Å². The zero-order valence-corrected chi connectivity index (χ0v) is 12.4. The highest BCUT2D eigenvalue weighted by Crippen LogP contribution is 2.23. The second-order valence-corrected chi connectivity index (χ2v) is 4.68. The smallest absolute Gasteiger partial charge is 0.382 e. The summed E-state index contributed by atoms with van der Waals surface area (Å²) in [5, 5.41) is 14.7. The van der Waals surface area contributed by atoms with E-state index in [1.807, 2.05) is 13.8 Å². The van der Waals surface area contributed by atoms with Crippen molar-refractivity contribution in [2.24, 2.45) is 0 Å². The molecule has 0 aliphatic heterocycles. The van der Waals surface area contributed by atoms with E-state index >= 15 is 0 Å².